The van der Waals surface area contributed by atoms with Gasteiger partial charge in [-0.3, -0.25) is 4.79 Å². The Morgan fingerprint density at radius 3 is 2.38 bits per heavy atom. The maximum Gasteiger partial charge on any atom is 0.253 e. The van der Waals surface area contributed by atoms with E-state index >= 15 is 0 Å². The lowest BCUT2D eigenvalue weighted by atomic mass is 10.0. The van der Waals surface area contributed by atoms with Crippen LogP contribution in [0.4, 0.5) is 5.69 Å². The van der Waals surface area contributed by atoms with Crippen molar-refractivity contribution in [2.45, 2.75) is 44.4 Å². The Morgan fingerprint density at radius 1 is 0.971 bits per heavy atom. The van der Waals surface area contributed by atoms with Crippen molar-refractivity contribution < 1.29 is 9.90 Å². The molecule has 3 heterocycles. The molecule has 0 aliphatic carbocycles. The fraction of sp³-hybridized carbons (Fsp3) is 0.407. The zero-order valence-electron chi connectivity index (χ0n) is 19.5. The third kappa shape index (κ3) is 5.32. The van der Waals surface area contributed by atoms with Crippen molar-refractivity contribution in [3.8, 4) is 5.69 Å². The molecule has 0 bridgehead atoms. The van der Waals surface area contributed by atoms with Crippen LogP contribution in [0.15, 0.2) is 67.0 Å². The molecule has 2 aliphatic heterocycles. The molecule has 2 aromatic carbocycles. The fourth-order valence-electron chi connectivity index (χ4n) is 4.93. The molecule has 0 radical (unpaired) electrons. The van der Waals surface area contributed by atoms with Gasteiger partial charge in [-0.2, -0.15) is 5.10 Å². The number of hydrogen-bond donors (Lipinski definition) is 2. The van der Waals surface area contributed by atoms with E-state index in [4.69, 9.17) is 0 Å². The number of hydrogen-bond acceptors (Lipinski definition) is 5. The van der Waals surface area contributed by atoms with Crippen LogP contribution in [0.1, 0.15) is 41.6 Å². The monoisotopic (exact) mass is 459 g/mol. The minimum atomic E-state index is -0.395. The summed E-state index contributed by atoms with van der Waals surface area (Å²) in [5.41, 5.74) is 4.22. The molecule has 34 heavy (non-hydrogen) atoms. The molecule has 5 rings (SSSR count). The summed E-state index contributed by atoms with van der Waals surface area (Å²) in [5.74, 6) is 0.0193. The van der Waals surface area contributed by atoms with E-state index in [-0.39, 0.29) is 5.91 Å². The maximum absolute atomic E-state index is 12.7. The number of benzene rings is 2. The molecule has 2 saturated heterocycles. The Kier molecular flexibility index (Phi) is 6.92. The molecule has 0 saturated carbocycles. The fourth-order valence-corrected chi connectivity index (χ4v) is 4.93. The number of rotatable bonds is 6. The van der Waals surface area contributed by atoms with Crippen LogP contribution in [-0.4, -0.2) is 64.0 Å². The van der Waals surface area contributed by atoms with Gasteiger partial charge in [0.2, 0.25) is 0 Å². The number of β-amino-alcohol motifs (C(OH)–C–C–N with tert-alkyl or cyclic N) is 1. The van der Waals surface area contributed by atoms with Gasteiger partial charge in [-0.1, -0.05) is 12.1 Å². The van der Waals surface area contributed by atoms with Crippen LogP contribution in [0, 0.1) is 0 Å². The molecule has 3 aromatic rings. The van der Waals surface area contributed by atoms with E-state index in [0.29, 0.717) is 18.2 Å². The summed E-state index contributed by atoms with van der Waals surface area (Å²) in [4.78, 5) is 16.9. The van der Waals surface area contributed by atoms with Crippen LogP contribution in [0.3, 0.4) is 0 Å². The number of piperidine rings is 2. The van der Waals surface area contributed by atoms with Crippen molar-refractivity contribution in [1.82, 2.24) is 20.0 Å². The Labute approximate surface area is 201 Å². The molecule has 0 unspecified atom stereocenters. The van der Waals surface area contributed by atoms with E-state index < -0.39 is 6.10 Å². The molecule has 2 fully saturated rings. The Bertz CT molecular complexity index is 1060. The molecule has 7 heteroatoms. The van der Waals surface area contributed by atoms with Gasteiger partial charge in [0.25, 0.3) is 5.91 Å². The first-order valence-electron chi connectivity index (χ1n) is 12.3. The third-order valence-electron chi connectivity index (χ3n) is 6.96. The van der Waals surface area contributed by atoms with Crippen molar-refractivity contribution in [2.24, 2.45) is 0 Å². The van der Waals surface area contributed by atoms with Gasteiger partial charge in [0, 0.05) is 62.4 Å². The normalized spacial score (nSPS) is 19.4. The molecule has 0 spiro atoms. The van der Waals surface area contributed by atoms with Crippen molar-refractivity contribution in [1.29, 1.82) is 0 Å². The minimum absolute atomic E-state index is 0.0193. The number of anilines is 1. The highest BCUT2D eigenvalue weighted by Gasteiger charge is 2.24. The van der Waals surface area contributed by atoms with Crippen molar-refractivity contribution in [3.05, 3.63) is 78.1 Å². The highest BCUT2D eigenvalue weighted by atomic mass is 16.3. The van der Waals surface area contributed by atoms with E-state index in [0.717, 1.165) is 57.5 Å². The summed E-state index contributed by atoms with van der Waals surface area (Å²) in [6.07, 6.45) is 7.18. The Hall–Kier alpha value is -3.16. The lowest BCUT2D eigenvalue weighted by Crippen LogP contribution is -2.42. The Morgan fingerprint density at radius 2 is 1.71 bits per heavy atom. The SMILES string of the molecule is O=C(c1ccc(N2CCC(NCc3ccc(-n4cccn4)cc3)CC2)cc1)N1CCC[C@H](O)C1. The lowest BCUT2D eigenvalue weighted by Gasteiger charge is -2.34. The predicted molar refractivity (Wildman–Crippen MR) is 133 cm³/mol. The molecule has 7 nitrogen and oxygen atoms in total. The van der Waals surface area contributed by atoms with Gasteiger partial charge in [0.1, 0.15) is 0 Å². The van der Waals surface area contributed by atoms with Gasteiger partial charge < -0.3 is 20.2 Å². The number of amides is 1. The van der Waals surface area contributed by atoms with E-state index in [1.165, 1.54) is 11.3 Å². The summed E-state index contributed by atoms with van der Waals surface area (Å²) in [6.45, 7) is 4.04. The number of aliphatic hydroxyl groups excluding tert-OH is 1. The number of aromatic nitrogens is 2. The van der Waals surface area contributed by atoms with Crippen molar-refractivity contribution in [2.75, 3.05) is 31.1 Å². The second-order valence-electron chi connectivity index (χ2n) is 9.35. The first-order valence-corrected chi connectivity index (χ1v) is 12.3. The zero-order valence-corrected chi connectivity index (χ0v) is 19.5. The van der Waals surface area contributed by atoms with E-state index in [2.05, 4.69) is 51.7 Å². The maximum atomic E-state index is 12.7. The Balaban J connectivity index is 1.09. The molecule has 178 valence electrons. The molecule has 1 amide bonds. The summed E-state index contributed by atoms with van der Waals surface area (Å²) in [5, 5.41) is 17.8. The second-order valence-corrected chi connectivity index (χ2v) is 9.35. The van der Waals surface area contributed by atoms with Crippen LogP contribution >= 0.6 is 0 Å². The van der Waals surface area contributed by atoms with Crippen LogP contribution in [0.25, 0.3) is 5.69 Å². The number of nitrogens with zero attached hydrogens (tertiary/aromatic N) is 4. The number of carbonyl (C=O) groups excluding carboxylic acids is 1. The first-order chi connectivity index (χ1) is 16.7. The average Bonchev–Trinajstić information content (AvgIpc) is 3.43. The largest absolute Gasteiger partial charge is 0.391 e. The van der Waals surface area contributed by atoms with Crippen LogP contribution in [0.5, 0.6) is 0 Å². The summed E-state index contributed by atoms with van der Waals surface area (Å²) in [6, 6.07) is 18.9. The smallest absolute Gasteiger partial charge is 0.253 e. The van der Waals surface area contributed by atoms with Gasteiger partial charge in [-0.05, 0) is 73.7 Å². The van der Waals surface area contributed by atoms with Crippen LogP contribution < -0.4 is 10.2 Å². The highest BCUT2D eigenvalue weighted by Crippen LogP contribution is 2.22. The first kappa shape index (κ1) is 22.6. The van der Waals surface area contributed by atoms with Crippen LogP contribution in [0.2, 0.25) is 0 Å². The van der Waals surface area contributed by atoms with Crippen LogP contribution in [-0.2, 0) is 6.54 Å². The molecular weight excluding hydrogens is 426 g/mol. The predicted octanol–water partition coefficient (Wildman–Crippen LogP) is 3.23. The van der Waals surface area contributed by atoms with Crippen molar-refractivity contribution in [3.63, 3.8) is 0 Å². The summed E-state index contributed by atoms with van der Waals surface area (Å²) >= 11 is 0. The molecule has 2 N–H and O–H groups in total. The molecule has 2 aliphatic rings. The van der Waals surface area contributed by atoms with Gasteiger partial charge in [0.05, 0.1) is 11.8 Å². The van der Waals surface area contributed by atoms with Gasteiger partial charge in [0.15, 0.2) is 0 Å². The number of carbonyl (C=O) groups is 1. The standard InChI is InChI=1S/C27H33N5O2/c33-26-3-1-15-31(20-26)27(34)22-6-10-24(11-7-22)30-17-12-23(13-18-30)28-19-21-4-8-25(9-5-21)32-16-2-14-29-32/h2,4-11,14,16,23,26,28,33H,1,3,12-13,15,17-20H2/t26-/m0/s1. The quantitative estimate of drug-likeness (QED) is 0.592. The molecular formula is C27H33N5O2. The topological polar surface area (TPSA) is 73.6 Å². The van der Waals surface area contributed by atoms with E-state index in [9.17, 15) is 9.90 Å². The van der Waals surface area contributed by atoms with Crippen molar-refractivity contribution >= 4 is 11.6 Å². The highest BCUT2D eigenvalue weighted by molar-refractivity contribution is 5.94. The zero-order chi connectivity index (χ0) is 23.3. The third-order valence-corrected chi connectivity index (χ3v) is 6.96. The van der Waals surface area contributed by atoms with E-state index in [1.54, 1.807) is 11.1 Å². The second kappa shape index (κ2) is 10.4. The number of aliphatic hydroxyl groups is 1. The van der Waals surface area contributed by atoms with Gasteiger partial charge in [-0.25, -0.2) is 4.68 Å². The molecule has 1 aromatic heterocycles. The van der Waals surface area contributed by atoms with E-state index in [1.807, 2.05) is 29.1 Å². The number of likely N-dealkylation sites (tertiary alicyclic amines) is 1. The van der Waals surface area contributed by atoms with Gasteiger partial charge >= 0.3 is 0 Å². The summed E-state index contributed by atoms with van der Waals surface area (Å²) < 4.78 is 1.87. The van der Waals surface area contributed by atoms with Gasteiger partial charge in [-0.15, -0.1) is 0 Å². The number of nitrogens with one attached hydrogen (secondary N) is 1. The lowest BCUT2D eigenvalue weighted by molar-refractivity contribution is 0.0474. The summed E-state index contributed by atoms with van der Waals surface area (Å²) in [7, 11) is 0. The molecule has 1 atom stereocenters. The average molecular weight is 460 g/mol. The minimum Gasteiger partial charge on any atom is -0.391 e.